The van der Waals surface area contributed by atoms with Gasteiger partial charge in [0.2, 0.25) is 5.91 Å². The van der Waals surface area contributed by atoms with E-state index in [1.54, 1.807) is 7.05 Å². The van der Waals surface area contributed by atoms with Crippen LogP contribution in [0.2, 0.25) is 0 Å². The van der Waals surface area contributed by atoms with E-state index < -0.39 is 0 Å². The van der Waals surface area contributed by atoms with E-state index in [1.165, 1.54) is 16.7 Å². The van der Waals surface area contributed by atoms with Crippen molar-refractivity contribution in [3.8, 4) is 0 Å². The van der Waals surface area contributed by atoms with E-state index >= 15 is 0 Å². The van der Waals surface area contributed by atoms with E-state index in [2.05, 4.69) is 52.9 Å². The Labute approximate surface area is 179 Å². The average Bonchev–Trinajstić information content (AvgIpc) is 2.79. The Bertz CT molecular complexity index is 838. The van der Waals surface area contributed by atoms with Gasteiger partial charge in [0.25, 0.3) is 0 Å². The van der Waals surface area contributed by atoms with Gasteiger partial charge in [0.05, 0.1) is 19.8 Å². The number of amides is 1. The lowest BCUT2D eigenvalue weighted by Crippen LogP contribution is -2.46. The van der Waals surface area contributed by atoms with Crippen LogP contribution >= 0.6 is 0 Å². The molecule has 2 aromatic carbocycles. The molecule has 0 saturated heterocycles. The number of guanidine groups is 1. The molecule has 0 fully saturated rings. The van der Waals surface area contributed by atoms with Gasteiger partial charge in [0.1, 0.15) is 0 Å². The third-order valence-corrected chi connectivity index (χ3v) is 5.25. The van der Waals surface area contributed by atoms with Gasteiger partial charge in [0, 0.05) is 26.7 Å². The maximum atomic E-state index is 12.6. The van der Waals surface area contributed by atoms with Gasteiger partial charge in [0.15, 0.2) is 5.96 Å². The zero-order chi connectivity index (χ0) is 21.2. The Hall–Kier alpha value is -2.86. The molecule has 6 nitrogen and oxygen atoms in total. The Morgan fingerprint density at radius 3 is 2.60 bits per heavy atom. The van der Waals surface area contributed by atoms with Crippen LogP contribution in [0.25, 0.3) is 0 Å². The summed E-state index contributed by atoms with van der Waals surface area (Å²) in [6.45, 7) is 5.80. The number of hydrogen-bond acceptors (Lipinski definition) is 3. The first-order valence-corrected chi connectivity index (χ1v) is 10.6. The van der Waals surface area contributed by atoms with Crippen molar-refractivity contribution >= 4 is 11.9 Å². The lowest BCUT2D eigenvalue weighted by atomic mass is 10.00. The zero-order valence-electron chi connectivity index (χ0n) is 17.9. The number of carbonyl (C=O) groups excluding carboxylic acids is 1. The standard InChI is InChI=1S/C24H32N4O2/c1-19(17-30-18-20-8-4-3-5-9-20)14-26-24(25-2)27-15-23(29)28-13-12-21-10-6-7-11-22(21)16-28/h3-11,19H,12-18H2,1-2H3,(H2,25,26,27). The van der Waals surface area contributed by atoms with Gasteiger partial charge < -0.3 is 20.3 Å². The van der Waals surface area contributed by atoms with Crippen molar-refractivity contribution < 1.29 is 9.53 Å². The summed E-state index contributed by atoms with van der Waals surface area (Å²) in [5, 5.41) is 6.41. The van der Waals surface area contributed by atoms with Crippen LogP contribution in [0.5, 0.6) is 0 Å². The molecule has 3 rings (SSSR count). The molecule has 1 heterocycles. The first kappa shape index (κ1) is 21.8. The summed E-state index contributed by atoms with van der Waals surface area (Å²) in [5.41, 5.74) is 3.76. The van der Waals surface area contributed by atoms with Crippen molar-refractivity contribution in [2.24, 2.45) is 10.9 Å². The van der Waals surface area contributed by atoms with Crippen LogP contribution in [0.15, 0.2) is 59.6 Å². The molecule has 0 aliphatic carbocycles. The number of aliphatic imine (C=N–C) groups is 1. The van der Waals surface area contributed by atoms with Gasteiger partial charge in [-0.3, -0.25) is 9.79 Å². The number of benzene rings is 2. The van der Waals surface area contributed by atoms with Crippen LogP contribution in [-0.4, -0.2) is 50.1 Å². The molecule has 6 heteroatoms. The van der Waals surface area contributed by atoms with Crippen LogP contribution in [0.4, 0.5) is 0 Å². The summed E-state index contributed by atoms with van der Waals surface area (Å²) in [6.07, 6.45) is 0.912. The van der Waals surface area contributed by atoms with Crippen LogP contribution in [0.3, 0.4) is 0 Å². The molecule has 0 aromatic heterocycles. The van der Waals surface area contributed by atoms with Gasteiger partial charge in [-0.15, -0.1) is 0 Å². The fourth-order valence-electron chi connectivity index (χ4n) is 3.48. The van der Waals surface area contributed by atoms with Gasteiger partial charge in [-0.25, -0.2) is 0 Å². The summed E-state index contributed by atoms with van der Waals surface area (Å²) < 4.78 is 5.79. The predicted octanol–water partition coefficient (Wildman–Crippen LogP) is 2.59. The second-order valence-corrected chi connectivity index (χ2v) is 7.75. The number of ether oxygens (including phenoxy) is 1. The maximum absolute atomic E-state index is 12.6. The van der Waals surface area contributed by atoms with E-state index in [0.717, 1.165) is 19.5 Å². The monoisotopic (exact) mass is 408 g/mol. The molecule has 0 saturated carbocycles. The molecule has 1 aliphatic rings. The molecule has 2 aromatic rings. The quantitative estimate of drug-likeness (QED) is 0.521. The number of fused-ring (bicyclic) bond motifs is 1. The second kappa shape index (κ2) is 11.4. The normalized spacial score (nSPS) is 14.7. The van der Waals surface area contributed by atoms with Crippen LogP contribution in [0, 0.1) is 5.92 Å². The number of nitrogens with zero attached hydrogens (tertiary/aromatic N) is 2. The molecular formula is C24H32N4O2. The fraction of sp³-hybridized carbons (Fsp3) is 0.417. The van der Waals surface area contributed by atoms with Crippen molar-refractivity contribution in [2.75, 3.05) is 33.3 Å². The highest BCUT2D eigenvalue weighted by Crippen LogP contribution is 2.18. The summed E-state index contributed by atoms with van der Waals surface area (Å²) in [5.74, 6) is 1.05. The maximum Gasteiger partial charge on any atom is 0.242 e. The van der Waals surface area contributed by atoms with E-state index in [-0.39, 0.29) is 12.5 Å². The highest BCUT2D eigenvalue weighted by molar-refractivity contribution is 5.86. The Kier molecular flexibility index (Phi) is 8.27. The SMILES string of the molecule is CN=C(NCC(=O)N1CCc2ccccc2C1)NCC(C)COCc1ccccc1. The van der Waals surface area contributed by atoms with E-state index in [0.29, 0.717) is 31.6 Å². The molecule has 0 spiro atoms. The minimum absolute atomic E-state index is 0.0895. The lowest BCUT2D eigenvalue weighted by Gasteiger charge is -2.29. The molecule has 1 aliphatic heterocycles. The van der Waals surface area contributed by atoms with E-state index in [9.17, 15) is 4.79 Å². The van der Waals surface area contributed by atoms with Gasteiger partial charge in [-0.2, -0.15) is 0 Å². The molecule has 0 radical (unpaired) electrons. The molecule has 1 atom stereocenters. The minimum atomic E-state index is 0.0895. The van der Waals surface area contributed by atoms with Gasteiger partial charge in [-0.1, -0.05) is 61.5 Å². The number of nitrogens with one attached hydrogen (secondary N) is 2. The Balaban J connectivity index is 1.35. The smallest absolute Gasteiger partial charge is 0.242 e. The van der Waals surface area contributed by atoms with Crippen molar-refractivity contribution in [1.82, 2.24) is 15.5 Å². The summed E-state index contributed by atoms with van der Waals surface area (Å²) in [6, 6.07) is 18.5. The van der Waals surface area contributed by atoms with Gasteiger partial charge >= 0.3 is 0 Å². The highest BCUT2D eigenvalue weighted by Gasteiger charge is 2.20. The molecule has 30 heavy (non-hydrogen) atoms. The largest absolute Gasteiger partial charge is 0.376 e. The Morgan fingerprint density at radius 2 is 1.83 bits per heavy atom. The molecule has 2 N–H and O–H groups in total. The fourth-order valence-corrected chi connectivity index (χ4v) is 3.48. The minimum Gasteiger partial charge on any atom is -0.376 e. The molecular weight excluding hydrogens is 376 g/mol. The van der Waals surface area contributed by atoms with E-state index in [4.69, 9.17) is 4.74 Å². The second-order valence-electron chi connectivity index (χ2n) is 7.75. The summed E-state index contributed by atoms with van der Waals surface area (Å²) in [7, 11) is 1.72. The van der Waals surface area contributed by atoms with E-state index in [1.807, 2.05) is 29.2 Å². The third-order valence-electron chi connectivity index (χ3n) is 5.25. The molecule has 0 bridgehead atoms. The van der Waals surface area contributed by atoms with Crippen molar-refractivity contribution in [1.29, 1.82) is 0 Å². The van der Waals surface area contributed by atoms with Crippen LogP contribution < -0.4 is 10.6 Å². The van der Waals surface area contributed by atoms with Gasteiger partial charge in [-0.05, 0) is 29.0 Å². The average molecular weight is 409 g/mol. The van der Waals surface area contributed by atoms with Crippen molar-refractivity contribution in [2.45, 2.75) is 26.5 Å². The van der Waals surface area contributed by atoms with Crippen molar-refractivity contribution in [3.05, 3.63) is 71.3 Å². The summed E-state index contributed by atoms with van der Waals surface area (Å²) >= 11 is 0. The lowest BCUT2D eigenvalue weighted by molar-refractivity contribution is -0.130. The number of rotatable bonds is 8. The third kappa shape index (κ3) is 6.59. The number of carbonyl (C=O) groups is 1. The molecule has 1 amide bonds. The number of hydrogen-bond donors (Lipinski definition) is 2. The Morgan fingerprint density at radius 1 is 1.10 bits per heavy atom. The first-order chi connectivity index (χ1) is 14.7. The molecule has 1 unspecified atom stereocenters. The zero-order valence-corrected chi connectivity index (χ0v) is 17.9. The highest BCUT2D eigenvalue weighted by atomic mass is 16.5. The summed E-state index contributed by atoms with van der Waals surface area (Å²) in [4.78, 5) is 18.7. The molecule has 160 valence electrons. The van der Waals surface area contributed by atoms with Crippen LogP contribution in [0.1, 0.15) is 23.6 Å². The topological polar surface area (TPSA) is 66.0 Å². The first-order valence-electron chi connectivity index (χ1n) is 10.6. The predicted molar refractivity (Wildman–Crippen MR) is 120 cm³/mol. The van der Waals surface area contributed by atoms with Crippen LogP contribution in [-0.2, 0) is 29.1 Å². The van der Waals surface area contributed by atoms with Crippen molar-refractivity contribution in [3.63, 3.8) is 0 Å².